The SMILES string of the molecule is COC(=O)CCCc1cn(C(C)(C)C)s/c1=N\C(=O)c1cc(Cl)ccc1OC. The van der Waals surface area contributed by atoms with Gasteiger partial charge in [-0.15, -0.1) is 0 Å². The molecule has 0 saturated carbocycles. The summed E-state index contributed by atoms with van der Waals surface area (Å²) < 4.78 is 12.6. The fraction of sp³-hybridized carbons (Fsp3) is 0.450. The lowest BCUT2D eigenvalue weighted by Crippen LogP contribution is -2.18. The monoisotopic (exact) mass is 424 g/mol. The summed E-state index contributed by atoms with van der Waals surface area (Å²) in [7, 11) is 2.87. The molecule has 0 bridgehead atoms. The molecule has 1 heterocycles. The van der Waals surface area contributed by atoms with Gasteiger partial charge in [0.2, 0.25) is 0 Å². The molecule has 0 atom stereocenters. The van der Waals surface area contributed by atoms with E-state index in [4.69, 9.17) is 21.1 Å². The van der Waals surface area contributed by atoms with E-state index in [0.29, 0.717) is 40.3 Å². The summed E-state index contributed by atoms with van der Waals surface area (Å²) in [5.74, 6) is -0.251. The average Bonchev–Trinajstić information content (AvgIpc) is 3.04. The largest absolute Gasteiger partial charge is 0.496 e. The zero-order valence-corrected chi connectivity index (χ0v) is 18.3. The molecule has 1 aromatic heterocycles. The van der Waals surface area contributed by atoms with Crippen molar-refractivity contribution in [2.45, 2.75) is 45.6 Å². The first kappa shape index (κ1) is 22.2. The Kier molecular flexibility index (Phi) is 7.43. The van der Waals surface area contributed by atoms with Gasteiger partial charge in [0.1, 0.15) is 10.4 Å². The van der Waals surface area contributed by atoms with Crippen LogP contribution in [0.2, 0.25) is 5.02 Å². The first-order valence-electron chi connectivity index (χ1n) is 8.87. The molecule has 1 amide bonds. The van der Waals surface area contributed by atoms with Gasteiger partial charge in [0.25, 0.3) is 5.91 Å². The average molecular weight is 425 g/mol. The van der Waals surface area contributed by atoms with Gasteiger partial charge < -0.3 is 9.47 Å². The Hall–Kier alpha value is -2.12. The van der Waals surface area contributed by atoms with Gasteiger partial charge in [0.05, 0.1) is 19.8 Å². The van der Waals surface area contributed by atoms with Crippen LogP contribution in [0.15, 0.2) is 29.4 Å². The van der Waals surface area contributed by atoms with Gasteiger partial charge in [-0.1, -0.05) is 11.6 Å². The van der Waals surface area contributed by atoms with E-state index in [1.165, 1.54) is 25.8 Å². The first-order valence-corrected chi connectivity index (χ1v) is 10.0. The van der Waals surface area contributed by atoms with Gasteiger partial charge in [-0.3, -0.25) is 13.5 Å². The highest BCUT2D eigenvalue weighted by atomic mass is 35.5. The molecule has 8 heteroatoms. The molecule has 0 aliphatic carbocycles. The van der Waals surface area contributed by atoms with E-state index >= 15 is 0 Å². The normalized spacial score (nSPS) is 12.1. The molecule has 0 spiro atoms. The van der Waals surface area contributed by atoms with Crippen molar-refractivity contribution in [3.05, 3.63) is 45.2 Å². The number of aromatic nitrogens is 1. The zero-order chi connectivity index (χ0) is 20.9. The molecule has 152 valence electrons. The minimum absolute atomic E-state index is 0.146. The minimum Gasteiger partial charge on any atom is -0.496 e. The van der Waals surface area contributed by atoms with Crippen molar-refractivity contribution in [3.63, 3.8) is 0 Å². The number of halogens is 1. The van der Waals surface area contributed by atoms with Crippen molar-refractivity contribution in [2.24, 2.45) is 4.99 Å². The molecule has 2 rings (SSSR count). The fourth-order valence-corrected chi connectivity index (χ4v) is 3.70. The van der Waals surface area contributed by atoms with Gasteiger partial charge in [-0.05, 0) is 63.3 Å². The van der Waals surface area contributed by atoms with Gasteiger partial charge >= 0.3 is 5.97 Å². The number of hydrogen-bond acceptors (Lipinski definition) is 5. The number of benzene rings is 1. The third-order valence-electron chi connectivity index (χ3n) is 4.04. The molecule has 1 aromatic carbocycles. The topological polar surface area (TPSA) is 69.9 Å². The van der Waals surface area contributed by atoms with Crippen LogP contribution >= 0.6 is 23.1 Å². The highest BCUT2D eigenvalue weighted by molar-refractivity contribution is 7.04. The quantitative estimate of drug-likeness (QED) is 0.651. The van der Waals surface area contributed by atoms with Crippen LogP contribution < -0.4 is 9.41 Å². The van der Waals surface area contributed by atoms with Crippen LogP contribution in [0.3, 0.4) is 0 Å². The number of amides is 1. The number of hydrogen-bond donors (Lipinski definition) is 0. The van der Waals surface area contributed by atoms with Crippen LogP contribution in [0.5, 0.6) is 5.75 Å². The van der Waals surface area contributed by atoms with Crippen LogP contribution in [0.1, 0.15) is 49.5 Å². The van der Waals surface area contributed by atoms with Gasteiger partial charge in [0, 0.05) is 28.7 Å². The van der Waals surface area contributed by atoms with Crippen molar-refractivity contribution in [1.29, 1.82) is 0 Å². The molecule has 0 saturated heterocycles. The molecular formula is C20H25ClN2O4S. The Morgan fingerprint density at radius 3 is 2.57 bits per heavy atom. The van der Waals surface area contributed by atoms with Crippen LogP contribution in [0.25, 0.3) is 0 Å². The summed E-state index contributed by atoms with van der Waals surface area (Å²) in [6.07, 6.45) is 3.54. The van der Waals surface area contributed by atoms with Crippen LogP contribution in [-0.2, 0) is 21.5 Å². The molecule has 28 heavy (non-hydrogen) atoms. The van der Waals surface area contributed by atoms with E-state index < -0.39 is 5.91 Å². The number of nitrogens with zero attached hydrogens (tertiary/aromatic N) is 2. The Labute approximate surface area is 173 Å². The molecular weight excluding hydrogens is 400 g/mol. The molecule has 0 N–H and O–H groups in total. The molecule has 0 fully saturated rings. The first-order chi connectivity index (χ1) is 13.2. The summed E-state index contributed by atoms with van der Waals surface area (Å²) in [6, 6.07) is 4.86. The number of carbonyl (C=O) groups is 2. The summed E-state index contributed by atoms with van der Waals surface area (Å²) >= 11 is 7.44. The third-order valence-corrected chi connectivity index (χ3v) is 5.65. The van der Waals surface area contributed by atoms with Gasteiger partial charge in [-0.25, -0.2) is 0 Å². The molecule has 0 aliphatic rings. The number of esters is 1. The van der Waals surface area contributed by atoms with Crippen molar-refractivity contribution >= 4 is 35.0 Å². The van der Waals surface area contributed by atoms with Crippen LogP contribution in [0.4, 0.5) is 0 Å². The Balaban J connectivity index is 2.41. The van der Waals surface area contributed by atoms with E-state index in [1.54, 1.807) is 18.2 Å². The second-order valence-electron chi connectivity index (χ2n) is 7.24. The number of carbonyl (C=O) groups excluding carboxylic acids is 2. The van der Waals surface area contributed by atoms with Gasteiger partial charge in [-0.2, -0.15) is 4.99 Å². The zero-order valence-electron chi connectivity index (χ0n) is 16.7. The number of methoxy groups -OCH3 is 2. The van der Waals surface area contributed by atoms with Crippen molar-refractivity contribution < 1.29 is 19.1 Å². The molecule has 0 unspecified atom stereocenters. The summed E-state index contributed by atoms with van der Waals surface area (Å²) in [6.45, 7) is 6.23. The Morgan fingerprint density at radius 2 is 1.96 bits per heavy atom. The maximum atomic E-state index is 12.8. The van der Waals surface area contributed by atoms with E-state index in [-0.39, 0.29) is 11.5 Å². The molecule has 0 aliphatic heterocycles. The summed E-state index contributed by atoms with van der Waals surface area (Å²) in [5, 5.41) is 0.439. The minimum atomic E-state index is -0.420. The maximum Gasteiger partial charge on any atom is 0.305 e. The van der Waals surface area contributed by atoms with Crippen LogP contribution in [-0.4, -0.2) is 30.1 Å². The third kappa shape index (κ3) is 5.69. The van der Waals surface area contributed by atoms with E-state index in [0.717, 1.165) is 5.56 Å². The molecule has 6 nitrogen and oxygen atoms in total. The van der Waals surface area contributed by atoms with E-state index in [9.17, 15) is 9.59 Å². The highest BCUT2D eigenvalue weighted by Gasteiger charge is 2.18. The Morgan fingerprint density at radius 1 is 1.25 bits per heavy atom. The summed E-state index contributed by atoms with van der Waals surface area (Å²) in [5.41, 5.74) is 1.08. The van der Waals surface area contributed by atoms with Crippen molar-refractivity contribution in [1.82, 2.24) is 3.96 Å². The highest BCUT2D eigenvalue weighted by Crippen LogP contribution is 2.24. The van der Waals surface area contributed by atoms with Crippen LogP contribution in [0, 0.1) is 0 Å². The second kappa shape index (κ2) is 9.39. The van der Waals surface area contributed by atoms with Gasteiger partial charge in [0.15, 0.2) is 0 Å². The predicted octanol–water partition coefficient (Wildman–Crippen LogP) is 4.20. The number of aryl methyl sites for hydroxylation is 1. The lowest BCUT2D eigenvalue weighted by Gasteiger charge is -2.19. The number of ether oxygens (including phenoxy) is 2. The molecule has 0 radical (unpaired) electrons. The number of rotatable bonds is 6. The van der Waals surface area contributed by atoms with Crippen molar-refractivity contribution in [3.8, 4) is 5.75 Å². The molecule has 2 aromatic rings. The van der Waals surface area contributed by atoms with Crippen molar-refractivity contribution in [2.75, 3.05) is 14.2 Å². The summed E-state index contributed by atoms with van der Waals surface area (Å²) in [4.78, 5) is 28.5. The lowest BCUT2D eigenvalue weighted by molar-refractivity contribution is -0.140. The van der Waals surface area contributed by atoms with E-state index in [2.05, 4.69) is 29.7 Å². The fourth-order valence-electron chi connectivity index (χ4n) is 2.49. The maximum absolute atomic E-state index is 12.8. The lowest BCUT2D eigenvalue weighted by atomic mass is 10.1. The Bertz CT molecular complexity index is 925. The standard InChI is InChI=1S/C20H25ClN2O4S/c1-20(2,3)23-12-13(7-6-8-17(24)27-5)19(28-23)22-18(25)15-11-14(21)9-10-16(15)26-4/h9-12H,6-8H2,1-5H3/b22-19-. The predicted molar refractivity (Wildman–Crippen MR) is 110 cm³/mol. The second-order valence-corrected chi connectivity index (χ2v) is 8.64. The smallest absolute Gasteiger partial charge is 0.305 e. The van der Waals surface area contributed by atoms with E-state index in [1.807, 2.05) is 6.20 Å².